The fourth-order valence-electron chi connectivity index (χ4n) is 4.50. The van der Waals surface area contributed by atoms with Crippen LogP contribution >= 0.6 is 11.8 Å². The summed E-state index contributed by atoms with van der Waals surface area (Å²) in [6.45, 7) is 6.58. The number of allylic oxidation sites excluding steroid dienone is 1. The monoisotopic (exact) mass is 558 g/mol. The van der Waals surface area contributed by atoms with Crippen LogP contribution < -0.4 is 10.1 Å². The molecule has 1 aliphatic heterocycles. The molecule has 0 bridgehead atoms. The molecular formula is C31H31FN4O3S. The van der Waals surface area contributed by atoms with Gasteiger partial charge in [0.1, 0.15) is 24.2 Å². The highest BCUT2D eigenvalue weighted by molar-refractivity contribution is 7.98. The second kappa shape index (κ2) is 12.4. The molecule has 40 heavy (non-hydrogen) atoms. The number of carbonyl (C=O) groups excluding carboxylic acids is 1. The number of halogens is 1. The number of nitrogens with one attached hydrogen (secondary N) is 1. The highest BCUT2D eigenvalue weighted by atomic mass is 32.2. The third-order valence-electron chi connectivity index (χ3n) is 6.63. The first-order valence-corrected chi connectivity index (χ1v) is 14.2. The minimum absolute atomic E-state index is 0.268. The van der Waals surface area contributed by atoms with Crippen LogP contribution in [0.4, 0.5) is 10.3 Å². The topological polar surface area (TPSA) is 78.3 Å². The molecule has 0 saturated carbocycles. The fourth-order valence-corrected chi connectivity index (χ4v) is 5.32. The molecule has 1 unspecified atom stereocenters. The largest absolute Gasteiger partial charge is 0.489 e. The Balaban J connectivity index is 1.46. The van der Waals surface area contributed by atoms with Crippen LogP contribution in [-0.4, -0.2) is 27.3 Å². The van der Waals surface area contributed by atoms with Crippen molar-refractivity contribution in [3.63, 3.8) is 0 Å². The number of esters is 1. The molecule has 1 aromatic heterocycles. The fraction of sp³-hybridized carbons (Fsp3) is 0.258. The molecule has 9 heteroatoms. The zero-order valence-electron chi connectivity index (χ0n) is 22.7. The number of aryl methyl sites for hydroxylation is 1. The maximum atomic E-state index is 14.2. The predicted octanol–water partition coefficient (Wildman–Crippen LogP) is 6.84. The van der Waals surface area contributed by atoms with Crippen molar-refractivity contribution in [1.29, 1.82) is 0 Å². The number of benzene rings is 3. The van der Waals surface area contributed by atoms with E-state index in [2.05, 4.69) is 23.3 Å². The van der Waals surface area contributed by atoms with E-state index < -0.39 is 12.0 Å². The summed E-state index contributed by atoms with van der Waals surface area (Å²) in [5, 5.41) is 8.42. The molecule has 0 amide bonds. The lowest BCUT2D eigenvalue weighted by Crippen LogP contribution is -2.29. The van der Waals surface area contributed by atoms with Crippen LogP contribution in [0.1, 0.15) is 48.6 Å². The van der Waals surface area contributed by atoms with Gasteiger partial charge in [0.25, 0.3) is 0 Å². The molecule has 0 radical (unpaired) electrons. The number of rotatable bonds is 10. The molecule has 7 nitrogen and oxygen atoms in total. The molecule has 0 saturated heterocycles. The van der Waals surface area contributed by atoms with Gasteiger partial charge in [-0.25, -0.2) is 13.9 Å². The minimum Gasteiger partial charge on any atom is -0.489 e. The molecule has 4 aromatic rings. The number of anilines is 1. The van der Waals surface area contributed by atoms with E-state index in [9.17, 15) is 9.18 Å². The van der Waals surface area contributed by atoms with Crippen LogP contribution in [-0.2, 0) is 21.9 Å². The number of thioether (sulfide) groups is 1. The van der Waals surface area contributed by atoms with Crippen molar-refractivity contribution in [3.8, 4) is 5.75 Å². The average molecular weight is 559 g/mol. The average Bonchev–Trinajstić information content (AvgIpc) is 3.36. The molecule has 5 rings (SSSR count). The third-order valence-corrected chi connectivity index (χ3v) is 7.52. The number of hydrogen-bond donors (Lipinski definition) is 1. The molecule has 0 aliphatic carbocycles. The summed E-state index contributed by atoms with van der Waals surface area (Å²) in [6, 6.07) is 21.8. The zero-order valence-corrected chi connectivity index (χ0v) is 23.5. The SMILES string of the molecule is CCCOC(=O)C1=C(C)Nc2nc(SCc3ccccc3F)nn2C1c1cccc(OCc2ccccc2C)c1. The van der Waals surface area contributed by atoms with Crippen LogP contribution in [0.3, 0.4) is 0 Å². The van der Waals surface area contributed by atoms with Crippen molar-refractivity contribution in [3.05, 3.63) is 112 Å². The number of nitrogens with zero attached hydrogens (tertiary/aromatic N) is 3. The Hall–Kier alpha value is -4.11. The maximum absolute atomic E-state index is 14.2. The molecule has 1 atom stereocenters. The van der Waals surface area contributed by atoms with Gasteiger partial charge in [0.2, 0.25) is 11.1 Å². The Labute approximate surface area is 237 Å². The van der Waals surface area contributed by atoms with Crippen LogP contribution in [0, 0.1) is 12.7 Å². The molecule has 1 N–H and O–H groups in total. The minimum atomic E-state index is -0.585. The van der Waals surface area contributed by atoms with Gasteiger partial charge in [0.15, 0.2) is 0 Å². The van der Waals surface area contributed by atoms with Crippen molar-refractivity contribution in [2.75, 3.05) is 11.9 Å². The summed E-state index contributed by atoms with van der Waals surface area (Å²) in [6.07, 6.45) is 0.712. The first kappa shape index (κ1) is 27.5. The van der Waals surface area contributed by atoms with Gasteiger partial charge in [-0.05, 0) is 60.7 Å². The normalized spacial score (nSPS) is 14.4. The van der Waals surface area contributed by atoms with E-state index in [1.54, 1.807) is 22.9 Å². The summed E-state index contributed by atoms with van der Waals surface area (Å²) in [7, 11) is 0. The molecule has 0 fully saturated rings. The molecule has 0 spiro atoms. The molecule has 1 aliphatic rings. The van der Waals surface area contributed by atoms with Crippen LogP contribution in [0.5, 0.6) is 5.75 Å². The summed E-state index contributed by atoms with van der Waals surface area (Å²) < 4.78 is 27.6. The van der Waals surface area contributed by atoms with Crippen molar-refractivity contribution >= 4 is 23.7 Å². The highest BCUT2D eigenvalue weighted by Gasteiger charge is 2.35. The first-order chi connectivity index (χ1) is 19.4. The number of hydrogen-bond acceptors (Lipinski definition) is 7. The van der Waals surface area contributed by atoms with Gasteiger partial charge < -0.3 is 14.8 Å². The summed E-state index contributed by atoms with van der Waals surface area (Å²) >= 11 is 1.33. The smallest absolute Gasteiger partial charge is 0.338 e. The summed E-state index contributed by atoms with van der Waals surface area (Å²) in [5.74, 6) is 0.868. The number of aromatic nitrogens is 3. The van der Waals surface area contributed by atoms with Gasteiger partial charge in [0.05, 0.1) is 12.2 Å². The van der Waals surface area contributed by atoms with Crippen molar-refractivity contribution in [2.45, 2.75) is 50.8 Å². The van der Waals surface area contributed by atoms with Crippen molar-refractivity contribution < 1.29 is 18.7 Å². The van der Waals surface area contributed by atoms with Gasteiger partial charge in [-0.15, -0.1) is 5.10 Å². The van der Waals surface area contributed by atoms with E-state index in [1.807, 2.05) is 56.3 Å². The van der Waals surface area contributed by atoms with Crippen LogP contribution in [0.15, 0.2) is 89.2 Å². The molecule has 3 aromatic carbocycles. The molecular weight excluding hydrogens is 527 g/mol. The number of ether oxygens (including phenoxy) is 2. The Morgan fingerprint density at radius 1 is 1.05 bits per heavy atom. The van der Waals surface area contributed by atoms with Gasteiger partial charge in [-0.1, -0.05) is 73.3 Å². The first-order valence-electron chi connectivity index (χ1n) is 13.2. The van der Waals surface area contributed by atoms with Crippen LogP contribution in [0.2, 0.25) is 0 Å². The lowest BCUT2D eigenvalue weighted by Gasteiger charge is -2.28. The van der Waals surface area contributed by atoms with E-state index in [4.69, 9.17) is 14.6 Å². The van der Waals surface area contributed by atoms with E-state index >= 15 is 0 Å². The summed E-state index contributed by atoms with van der Waals surface area (Å²) in [5.41, 5.74) is 4.73. The van der Waals surface area contributed by atoms with E-state index in [-0.39, 0.29) is 5.82 Å². The predicted molar refractivity (Wildman–Crippen MR) is 154 cm³/mol. The maximum Gasteiger partial charge on any atom is 0.338 e. The highest BCUT2D eigenvalue weighted by Crippen LogP contribution is 2.38. The Morgan fingerprint density at radius 2 is 1.82 bits per heavy atom. The second-order valence-corrected chi connectivity index (χ2v) is 10.5. The molecule has 206 valence electrons. The van der Waals surface area contributed by atoms with Gasteiger partial charge >= 0.3 is 5.97 Å². The lowest BCUT2D eigenvalue weighted by atomic mass is 9.95. The van der Waals surface area contributed by atoms with Gasteiger partial charge in [0, 0.05) is 11.4 Å². The quantitative estimate of drug-likeness (QED) is 0.169. The van der Waals surface area contributed by atoms with Crippen molar-refractivity contribution in [1.82, 2.24) is 14.8 Å². The third kappa shape index (κ3) is 6.04. The molecule has 2 heterocycles. The van der Waals surface area contributed by atoms with E-state index in [1.165, 1.54) is 17.8 Å². The lowest BCUT2D eigenvalue weighted by molar-refractivity contribution is -0.139. The van der Waals surface area contributed by atoms with Gasteiger partial charge in [-0.2, -0.15) is 4.98 Å². The Morgan fingerprint density at radius 3 is 2.60 bits per heavy atom. The number of carbonyl (C=O) groups is 1. The standard InChI is InChI=1S/C31H31FN4O3S/c1-4-16-38-29(37)27-21(3)33-30-34-31(40-19-24-12-7-8-15-26(24)32)35-36(30)28(27)22-13-9-14-25(17-22)39-18-23-11-6-5-10-20(23)2/h5-15,17,28H,4,16,18-19H2,1-3H3,(H,33,34,35). The zero-order chi connectivity index (χ0) is 28.1. The Kier molecular flexibility index (Phi) is 8.50. The Bertz CT molecular complexity index is 1550. The van der Waals surface area contributed by atoms with E-state index in [0.29, 0.717) is 59.1 Å². The van der Waals surface area contributed by atoms with E-state index in [0.717, 1.165) is 16.7 Å². The van der Waals surface area contributed by atoms with Gasteiger partial charge in [-0.3, -0.25) is 0 Å². The summed E-state index contributed by atoms with van der Waals surface area (Å²) in [4.78, 5) is 17.9. The van der Waals surface area contributed by atoms with Crippen molar-refractivity contribution in [2.24, 2.45) is 0 Å². The van der Waals surface area contributed by atoms with Crippen LogP contribution in [0.25, 0.3) is 0 Å². The second-order valence-electron chi connectivity index (χ2n) is 9.53. The number of fused-ring (bicyclic) bond motifs is 1.